The van der Waals surface area contributed by atoms with Gasteiger partial charge in [-0.1, -0.05) is 35.9 Å². The van der Waals surface area contributed by atoms with Gasteiger partial charge < -0.3 is 10.1 Å². The molecule has 0 saturated heterocycles. The Balaban J connectivity index is 1.44. The van der Waals surface area contributed by atoms with Gasteiger partial charge in [0.15, 0.2) is 0 Å². The number of nitrogens with zero attached hydrogens (tertiary/aromatic N) is 1. The minimum atomic E-state index is -0.877. The van der Waals surface area contributed by atoms with Crippen LogP contribution in [0.3, 0.4) is 0 Å². The number of halogens is 1. The van der Waals surface area contributed by atoms with Gasteiger partial charge in [-0.15, -0.1) is 0 Å². The molecule has 0 aromatic heterocycles. The largest absolute Gasteiger partial charge is 0.464 e. The third-order valence-corrected chi connectivity index (χ3v) is 4.80. The molecule has 1 aliphatic rings. The number of hydrogen-bond acceptors (Lipinski definition) is 5. The highest BCUT2D eigenvalue weighted by atomic mass is 35.5. The average molecular weight is 415 g/mol. The summed E-state index contributed by atoms with van der Waals surface area (Å²) >= 11 is 5.97. The zero-order chi connectivity index (χ0) is 21.0. The molecule has 0 unspecified atom stereocenters. The van der Waals surface area contributed by atoms with E-state index in [4.69, 9.17) is 16.3 Å². The maximum atomic E-state index is 12.3. The van der Waals surface area contributed by atoms with Crippen LogP contribution in [0.15, 0.2) is 48.5 Å². The Bertz CT molecular complexity index is 940. The predicted molar refractivity (Wildman–Crippen MR) is 106 cm³/mol. The second-order valence-electron chi connectivity index (χ2n) is 6.50. The summed E-state index contributed by atoms with van der Waals surface area (Å²) < 4.78 is 5.14. The number of ether oxygens (including phenoxy) is 1. The summed E-state index contributed by atoms with van der Waals surface area (Å²) in [6, 6.07) is 12.3. The fourth-order valence-electron chi connectivity index (χ4n) is 2.94. The zero-order valence-corrected chi connectivity index (χ0v) is 16.4. The molecule has 0 radical (unpaired) electrons. The molecule has 0 bridgehead atoms. The molecule has 2 aromatic rings. The van der Waals surface area contributed by atoms with E-state index in [2.05, 4.69) is 5.32 Å². The van der Waals surface area contributed by atoms with E-state index in [9.17, 15) is 19.2 Å². The lowest BCUT2D eigenvalue weighted by Gasteiger charge is -2.16. The van der Waals surface area contributed by atoms with E-state index in [0.29, 0.717) is 17.5 Å². The molecule has 0 saturated carbocycles. The lowest BCUT2D eigenvalue weighted by atomic mass is 10.1. The predicted octanol–water partition coefficient (Wildman–Crippen LogP) is 2.69. The van der Waals surface area contributed by atoms with Crippen molar-refractivity contribution in [2.24, 2.45) is 0 Å². The van der Waals surface area contributed by atoms with Gasteiger partial charge in [0.2, 0.25) is 0 Å². The number of hydrogen-bond donors (Lipinski definition) is 1. The van der Waals surface area contributed by atoms with Crippen LogP contribution in [0, 0.1) is 0 Å². The normalized spacial score (nSPS) is 13.8. The zero-order valence-electron chi connectivity index (χ0n) is 15.7. The number of amides is 3. The number of nitrogens with one attached hydrogen (secondary N) is 1. The Kier molecular flexibility index (Phi) is 6.29. The number of imide groups is 1. The maximum Gasteiger partial charge on any atom is 0.328 e. The second kappa shape index (κ2) is 8.87. The third kappa shape index (κ3) is 4.46. The molecule has 150 valence electrons. The Labute approximate surface area is 172 Å². The van der Waals surface area contributed by atoms with Crippen LogP contribution >= 0.6 is 11.6 Å². The Hall–Kier alpha value is -3.19. The van der Waals surface area contributed by atoms with E-state index in [0.717, 1.165) is 4.90 Å². The maximum absolute atomic E-state index is 12.3. The smallest absolute Gasteiger partial charge is 0.328 e. The number of benzene rings is 2. The highest BCUT2D eigenvalue weighted by Gasteiger charge is 2.34. The number of esters is 1. The van der Waals surface area contributed by atoms with Crippen molar-refractivity contribution in [3.63, 3.8) is 0 Å². The number of fused-ring (bicyclic) bond motifs is 1. The first-order chi connectivity index (χ1) is 13.9. The molecule has 1 heterocycles. The third-order valence-electron chi connectivity index (χ3n) is 4.47. The van der Waals surface area contributed by atoms with Crippen LogP contribution in [-0.2, 0) is 9.53 Å². The van der Waals surface area contributed by atoms with Crippen LogP contribution < -0.4 is 5.32 Å². The fraction of sp³-hybridized carbons (Fsp3) is 0.238. The Morgan fingerprint density at radius 3 is 2.24 bits per heavy atom. The second-order valence-corrected chi connectivity index (χ2v) is 6.91. The molecule has 29 heavy (non-hydrogen) atoms. The number of rotatable bonds is 7. The van der Waals surface area contributed by atoms with Crippen LogP contribution in [0.25, 0.3) is 0 Å². The molecule has 0 spiro atoms. The van der Waals surface area contributed by atoms with Crippen molar-refractivity contribution in [1.29, 1.82) is 0 Å². The first-order valence-corrected chi connectivity index (χ1v) is 9.45. The summed E-state index contributed by atoms with van der Waals surface area (Å²) in [6.07, 6.45) is 0.294. The standard InChI is InChI=1S/C21H19ClN2O5/c1-13(23-18(25)16-9-4-5-10-17(16)22)21(28)29-12-6-11-24-19(26)14-7-2-3-8-15(14)20(24)27/h2-5,7-10,13H,6,11-12H2,1H3,(H,23,25)/t13-/m0/s1. The molecule has 0 fully saturated rings. The summed E-state index contributed by atoms with van der Waals surface area (Å²) in [7, 11) is 0. The highest BCUT2D eigenvalue weighted by molar-refractivity contribution is 6.33. The van der Waals surface area contributed by atoms with Gasteiger partial charge in [-0.05, 0) is 37.6 Å². The quantitative estimate of drug-likeness (QED) is 0.427. The van der Waals surface area contributed by atoms with E-state index in [-0.39, 0.29) is 35.6 Å². The van der Waals surface area contributed by atoms with E-state index < -0.39 is 17.9 Å². The molecular formula is C21H19ClN2O5. The Morgan fingerprint density at radius 1 is 1.03 bits per heavy atom. The molecule has 0 aliphatic carbocycles. The van der Waals surface area contributed by atoms with Crippen molar-refractivity contribution in [3.8, 4) is 0 Å². The molecule has 3 amide bonds. The van der Waals surface area contributed by atoms with Gasteiger partial charge in [0.1, 0.15) is 6.04 Å². The summed E-state index contributed by atoms with van der Waals surface area (Å²) in [5, 5.41) is 2.81. The van der Waals surface area contributed by atoms with Gasteiger partial charge in [-0.2, -0.15) is 0 Å². The first-order valence-electron chi connectivity index (χ1n) is 9.07. The SMILES string of the molecule is C[C@H](NC(=O)c1ccccc1Cl)C(=O)OCCCN1C(=O)c2ccccc2C1=O. The topological polar surface area (TPSA) is 92.8 Å². The molecule has 1 aliphatic heterocycles. The summed E-state index contributed by atoms with van der Waals surface area (Å²) in [6.45, 7) is 1.65. The minimum absolute atomic E-state index is 0.0124. The molecule has 7 nitrogen and oxygen atoms in total. The molecule has 2 aromatic carbocycles. The molecule has 3 rings (SSSR count). The summed E-state index contributed by atoms with van der Waals surface area (Å²) in [5.74, 6) is -1.80. The molecular weight excluding hydrogens is 396 g/mol. The molecule has 8 heteroatoms. The van der Waals surface area contributed by atoms with Crippen LogP contribution in [-0.4, -0.2) is 47.8 Å². The summed E-state index contributed by atoms with van der Waals surface area (Å²) in [4.78, 5) is 49.9. The van der Waals surface area contributed by atoms with E-state index in [1.54, 1.807) is 48.5 Å². The lowest BCUT2D eigenvalue weighted by Crippen LogP contribution is -2.40. The highest BCUT2D eigenvalue weighted by Crippen LogP contribution is 2.22. The molecule has 1 N–H and O–H groups in total. The van der Waals surface area contributed by atoms with Crippen LogP contribution in [0.4, 0.5) is 0 Å². The van der Waals surface area contributed by atoms with Crippen molar-refractivity contribution >= 4 is 35.3 Å². The van der Waals surface area contributed by atoms with E-state index in [1.165, 1.54) is 6.92 Å². The van der Waals surface area contributed by atoms with Crippen molar-refractivity contribution in [3.05, 3.63) is 70.2 Å². The van der Waals surface area contributed by atoms with Crippen molar-refractivity contribution in [2.75, 3.05) is 13.2 Å². The van der Waals surface area contributed by atoms with Gasteiger partial charge in [0, 0.05) is 6.54 Å². The monoisotopic (exact) mass is 414 g/mol. The fourth-order valence-corrected chi connectivity index (χ4v) is 3.16. The average Bonchev–Trinajstić information content (AvgIpc) is 2.96. The minimum Gasteiger partial charge on any atom is -0.464 e. The van der Waals surface area contributed by atoms with E-state index in [1.807, 2.05) is 0 Å². The lowest BCUT2D eigenvalue weighted by molar-refractivity contribution is -0.145. The number of carbonyl (C=O) groups is 4. The Morgan fingerprint density at radius 2 is 1.62 bits per heavy atom. The van der Waals surface area contributed by atoms with Gasteiger partial charge in [-0.25, -0.2) is 4.79 Å². The van der Waals surface area contributed by atoms with Gasteiger partial charge >= 0.3 is 5.97 Å². The van der Waals surface area contributed by atoms with Crippen molar-refractivity contribution in [2.45, 2.75) is 19.4 Å². The summed E-state index contributed by atoms with van der Waals surface area (Å²) in [5.41, 5.74) is 1.02. The van der Waals surface area contributed by atoms with Gasteiger partial charge in [0.25, 0.3) is 17.7 Å². The van der Waals surface area contributed by atoms with Crippen LogP contribution in [0.2, 0.25) is 5.02 Å². The molecule has 1 atom stereocenters. The van der Waals surface area contributed by atoms with Gasteiger partial charge in [-0.3, -0.25) is 19.3 Å². The number of carbonyl (C=O) groups excluding carboxylic acids is 4. The van der Waals surface area contributed by atoms with Gasteiger partial charge in [0.05, 0.1) is 28.3 Å². The van der Waals surface area contributed by atoms with Crippen LogP contribution in [0.1, 0.15) is 44.4 Å². The van der Waals surface area contributed by atoms with Crippen LogP contribution in [0.5, 0.6) is 0 Å². The van der Waals surface area contributed by atoms with Crippen molar-refractivity contribution < 1.29 is 23.9 Å². The van der Waals surface area contributed by atoms with Crippen molar-refractivity contribution in [1.82, 2.24) is 10.2 Å². The first kappa shape index (κ1) is 20.5. The van der Waals surface area contributed by atoms with E-state index >= 15 is 0 Å².